The number of hydrogen-bond acceptors (Lipinski definition) is 6. The number of thioether (sulfide) groups is 1. The number of aromatic nitrogens is 4. The molecule has 0 saturated carbocycles. The van der Waals surface area contributed by atoms with Gasteiger partial charge >= 0.3 is 0 Å². The quantitative estimate of drug-likeness (QED) is 0.507. The van der Waals surface area contributed by atoms with E-state index in [4.69, 9.17) is 0 Å². The smallest absolute Gasteiger partial charge is 0.237 e. The second kappa shape index (κ2) is 8.35. The number of benzene rings is 2. The maximum absolute atomic E-state index is 12.6. The van der Waals surface area contributed by atoms with Crippen molar-refractivity contribution in [2.24, 2.45) is 0 Å². The first kappa shape index (κ1) is 19.8. The highest BCUT2D eigenvalue weighted by Gasteiger charge is 2.20. The highest BCUT2D eigenvalue weighted by molar-refractivity contribution is 8.00. The number of rotatable bonds is 6. The molecule has 28 heavy (non-hydrogen) atoms. The van der Waals surface area contributed by atoms with E-state index in [1.54, 1.807) is 35.9 Å². The normalized spacial score (nSPS) is 11.9. The molecule has 0 unspecified atom stereocenters. The monoisotopic (exact) mass is 395 g/mol. The zero-order valence-electron chi connectivity index (χ0n) is 16.1. The Morgan fingerprint density at radius 3 is 2.61 bits per heavy atom. The second-order valence-corrected chi connectivity index (χ2v) is 7.84. The van der Waals surface area contributed by atoms with Crippen LogP contribution in [0.25, 0.3) is 5.69 Å². The van der Waals surface area contributed by atoms with Gasteiger partial charge in [0.25, 0.3) is 0 Å². The summed E-state index contributed by atoms with van der Waals surface area (Å²) in [5, 5.41) is 14.8. The predicted octanol–water partition coefficient (Wildman–Crippen LogP) is 3.60. The lowest BCUT2D eigenvalue weighted by atomic mass is 10.1. The van der Waals surface area contributed by atoms with Crippen LogP contribution < -0.4 is 5.32 Å². The average molecular weight is 395 g/mol. The molecule has 8 heteroatoms. The van der Waals surface area contributed by atoms with Gasteiger partial charge in [0.1, 0.15) is 0 Å². The number of carbonyl (C=O) groups excluding carboxylic acids is 2. The van der Waals surface area contributed by atoms with Gasteiger partial charge in [0, 0.05) is 11.3 Å². The highest BCUT2D eigenvalue weighted by atomic mass is 32.2. The van der Waals surface area contributed by atoms with Crippen LogP contribution in [0.2, 0.25) is 0 Å². The van der Waals surface area contributed by atoms with Crippen LogP contribution in [0.4, 0.5) is 5.69 Å². The van der Waals surface area contributed by atoms with Crippen LogP contribution in [0.5, 0.6) is 0 Å². The molecule has 2 aromatic carbocycles. The first-order chi connectivity index (χ1) is 13.3. The molecule has 0 saturated heterocycles. The molecule has 1 aromatic heterocycles. The standard InChI is InChI=1S/C20H21N5O2S/c1-12-8-9-18(10-13(12)2)25-20(22-23-24-25)28-15(4)19(27)21-17-7-5-6-16(11-17)14(3)26/h5-11,15H,1-4H3,(H,21,27)/t15-/m0/s1. The molecular formula is C20H21N5O2S. The summed E-state index contributed by atoms with van der Waals surface area (Å²) >= 11 is 1.27. The van der Waals surface area contributed by atoms with Crippen molar-refractivity contribution in [2.45, 2.75) is 38.1 Å². The van der Waals surface area contributed by atoms with Crippen LogP contribution in [0.3, 0.4) is 0 Å². The number of amides is 1. The molecule has 7 nitrogen and oxygen atoms in total. The number of tetrazole rings is 1. The summed E-state index contributed by atoms with van der Waals surface area (Å²) in [4.78, 5) is 24.1. The third kappa shape index (κ3) is 4.45. The topological polar surface area (TPSA) is 89.8 Å². The van der Waals surface area contributed by atoms with Crippen LogP contribution in [0, 0.1) is 13.8 Å². The molecule has 144 valence electrons. The van der Waals surface area contributed by atoms with E-state index in [1.807, 2.05) is 32.0 Å². The van der Waals surface area contributed by atoms with E-state index >= 15 is 0 Å². The maximum atomic E-state index is 12.6. The van der Waals surface area contributed by atoms with Crippen molar-refractivity contribution in [3.63, 3.8) is 0 Å². The summed E-state index contributed by atoms with van der Waals surface area (Å²) in [5.41, 5.74) is 4.31. The van der Waals surface area contributed by atoms with Crippen molar-refractivity contribution in [3.8, 4) is 5.69 Å². The summed E-state index contributed by atoms with van der Waals surface area (Å²) in [7, 11) is 0. The van der Waals surface area contributed by atoms with Crippen LogP contribution in [-0.4, -0.2) is 37.1 Å². The molecule has 1 amide bonds. The first-order valence-corrected chi connectivity index (χ1v) is 9.67. The molecule has 1 N–H and O–H groups in total. The highest BCUT2D eigenvalue weighted by Crippen LogP contribution is 2.25. The Hall–Kier alpha value is -3.00. The minimum atomic E-state index is -0.433. The lowest BCUT2D eigenvalue weighted by Crippen LogP contribution is -2.23. The third-order valence-electron chi connectivity index (χ3n) is 4.36. The van der Waals surface area contributed by atoms with Gasteiger partial charge in [-0.1, -0.05) is 30.0 Å². The Labute approximate surface area is 167 Å². The lowest BCUT2D eigenvalue weighted by Gasteiger charge is -2.12. The van der Waals surface area contributed by atoms with Gasteiger partial charge in [0.2, 0.25) is 11.1 Å². The Kier molecular flexibility index (Phi) is 5.89. The average Bonchev–Trinajstić information content (AvgIpc) is 3.12. The van der Waals surface area contributed by atoms with Gasteiger partial charge in [-0.15, -0.1) is 5.10 Å². The molecule has 0 aliphatic carbocycles. The Morgan fingerprint density at radius 1 is 1.11 bits per heavy atom. The molecule has 1 atom stereocenters. The number of ketones is 1. The fourth-order valence-corrected chi connectivity index (χ4v) is 3.35. The van der Waals surface area contributed by atoms with E-state index < -0.39 is 5.25 Å². The van der Waals surface area contributed by atoms with Crippen molar-refractivity contribution in [1.82, 2.24) is 20.2 Å². The molecule has 0 aliphatic heterocycles. The van der Waals surface area contributed by atoms with Gasteiger partial charge in [-0.2, -0.15) is 4.68 Å². The number of aryl methyl sites for hydroxylation is 2. The van der Waals surface area contributed by atoms with Gasteiger partial charge in [-0.25, -0.2) is 0 Å². The molecule has 0 fully saturated rings. The Balaban J connectivity index is 1.73. The molecule has 0 aliphatic rings. The minimum Gasteiger partial charge on any atom is -0.325 e. The van der Waals surface area contributed by atoms with E-state index in [2.05, 4.69) is 20.8 Å². The summed E-state index contributed by atoms with van der Waals surface area (Å²) in [6.07, 6.45) is 0. The summed E-state index contributed by atoms with van der Waals surface area (Å²) in [6, 6.07) is 12.8. The number of Topliss-reactive ketones (excluding diaryl/α,β-unsaturated/α-hetero) is 1. The number of nitrogens with zero attached hydrogens (tertiary/aromatic N) is 4. The van der Waals surface area contributed by atoms with Crippen LogP contribution in [-0.2, 0) is 4.79 Å². The third-order valence-corrected chi connectivity index (χ3v) is 5.40. The van der Waals surface area contributed by atoms with Crippen molar-refractivity contribution in [2.75, 3.05) is 5.32 Å². The fraction of sp³-hybridized carbons (Fsp3) is 0.250. The van der Waals surface area contributed by atoms with Gasteiger partial charge in [0.15, 0.2) is 5.78 Å². The summed E-state index contributed by atoms with van der Waals surface area (Å²) < 4.78 is 1.62. The number of hydrogen-bond donors (Lipinski definition) is 1. The Bertz CT molecular complexity index is 1030. The van der Waals surface area contributed by atoms with Crippen molar-refractivity contribution >= 4 is 29.1 Å². The van der Waals surface area contributed by atoms with E-state index in [-0.39, 0.29) is 11.7 Å². The first-order valence-electron chi connectivity index (χ1n) is 8.79. The summed E-state index contributed by atoms with van der Waals surface area (Å²) in [5.74, 6) is -0.244. The van der Waals surface area contributed by atoms with E-state index in [0.717, 1.165) is 11.3 Å². The van der Waals surface area contributed by atoms with Gasteiger partial charge in [-0.05, 0) is 73.5 Å². The predicted molar refractivity (Wildman–Crippen MR) is 109 cm³/mol. The van der Waals surface area contributed by atoms with Crippen LogP contribution in [0.1, 0.15) is 35.3 Å². The number of carbonyl (C=O) groups is 2. The fourth-order valence-electron chi connectivity index (χ4n) is 2.54. The van der Waals surface area contributed by atoms with Gasteiger partial charge < -0.3 is 5.32 Å². The maximum Gasteiger partial charge on any atom is 0.237 e. The van der Waals surface area contributed by atoms with E-state index in [0.29, 0.717) is 16.4 Å². The van der Waals surface area contributed by atoms with E-state index in [9.17, 15) is 9.59 Å². The lowest BCUT2D eigenvalue weighted by molar-refractivity contribution is -0.115. The van der Waals surface area contributed by atoms with Crippen LogP contribution in [0.15, 0.2) is 47.6 Å². The Morgan fingerprint density at radius 2 is 1.89 bits per heavy atom. The molecule has 3 aromatic rings. The molecular weight excluding hydrogens is 374 g/mol. The van der Waals surface area contributed by atoms with Gasteiger partial charge in [0.05, 0.1) is 10.9 Å². The molecule has 0 bridgehead atoms. The number of nitrogens with one attached hydrogen (secondary N) is 1. The number of anilines is 1. The van der Waals surface area contributed by atoms with Gasteiger partial charge in [-0.3, -0.25) is 9.59 Å². The van der Waals surface area contributed by atoms with Crippen molar-refractivity contribution < 1.29 is 9.59 Å². The van der Waals surface area contributed by atoms with Crippen molar-refractivity contribution in [1.29, 1.82) is 0 Å². The second-order valence-electron chi connectivity index (χ2n) is 6.53. The zero-order chi connectivity index (χ0) is 20.3. The van der Waals surface area contributed by atoms with Crippen LogP contribution >= 0.6 is 11.8 Å². The SMILES string of the molecule is CC(=O)c1cccc(NC(=O)[C@H](C)Sc2nnnn2-c2ccc(C)c(C)c2)c1. The molecule has 0 spiro atoms. The molecule has 3 rings (SSSR count). The zero-order valence-corrected chi connectivity index (χ0v) is 16.9. The summed E-state index contributed by atoms with van der Waals surface area (Å²) in [6.45, 7) is 7.35. The molecule has 1 heterocycles. The van der Waals surface area contributed by atoms with Crippen molar-refractivity contribution in [3.05, 3.63) is 59.2 Å². The van der Waals surface area contributed by atoms with E-state index in [1.165, 1.54) is 24.2 Å². The largest absolute Gasteiger partial charge is 0.325 e. The minimum absolute atomic E-state index is 0.0499. The molecule has 0 radical (unpaired) electrons.